The molecule has 1 aromatic carbocycles. The van der Waals surface area contributed by atoms with Crippen LogP contribution >= 0.6 is 11.6 Å². The second kappa shape index (κ2) is 2.90. The first kappa shape index (κ1) is 8.61. The third-order valence-corrected chi connectivity index (χ3v) is 2.62. The molecule has 0 saturated heterocycles. The molecule has 0 aliphatic carbocycles. The summed E-state index contributed by atoms with van der Waals surface area (Å²) in [6, 6.07) is 5.56. The van der Waals surface area contributed by atoms with Crippen molar-refractivity contribution < 1.29 is 0 Å². The molecule has 0 radical (unpaired) electrons. The summed E-state index contributed by atoms with van der Waals surface area (Å²) in [6.07, 6.45) is 1.69. The molecule has 0 unspecified atom stereocenters. The first-order chi connectivity index (χ1) is 7.25. The summed E-state index contributed by atoms with van der Waals surface area (Å²) in [6.45, 7) is 0. The van der Waals surface area contributed by atoms with Crippen molar-refractivity contribution in [3.8, 4) is 0 Å². The van der Waals surface area contributed by atoms with Crippen molar-refractivity contribution in [3.05, 3.63) is 29.4 Å². The lowest BCUT2D eigenvalue weighted by Crippen LogP contribution is -1.90. The Kier molecular flexibility index (Phi) is 1.67. The molecule has 2 aromatic heterocycles. The average molecular weight is 219 g/mol. The zero-order valence-corrected chi connectivity index (χ0v) is 8.73. The Labute approximate surface area is 90.5 Å². The molecule has 74 valence electrons. The van der Waals surface area contributed by atoms with Crippen LogP contribution in [0.1, 0.15) is 0 Å². The molecular formula is C10H7ClN4. The predicted molar refractivity (Wildman–Crippen MR) is 58.8 cm³/mol. The second-order valence-electron chi connectivity index (χ2n) is 3.31. The molecule has 0 amide bonds. The standard InChI is InChI=1S/C10H7ClN4/c1-15-13-8-3-2-7-9(10(8)14-15)6(11)4-5-12-7/h2-5H,1H3. The quantitative estimate of drug-likeness (QED) is 0.581. The highest BCUT2D eigenvalue weighted by Gasteiger charge is 2.08. The first-order valence-corrected chi connectivity index (χ1v) is 4.88. The number of rotatable bonds is 0. The van der Waals surface area contributed by atoms with Crippen molar-refractivity contribution in [1.82, 2.24) is 20.0 Å². The molecule has 0 saturated carbocycles. The molecule has 3 rings (SSSR count). The van der Waals surface area contributed by atoms with Gasteiger partial charge >= 0.3 is 0 Å². The number of hydrogen-bond acceptors (Lipinski definition) is 3. The van der Waals surface area contributed by atoms with Crippen LogP contribution in [0, 0.1) is 0 Å². The van der Waals surface area contributed by atoms with Crippen molar-refractivity contribution in [2.45, 2.75) is 0 Å². The van der Waals surface area contributed by atoms with Crippen LogP contribution in [-0.4, -0.2) is 20.0 Å². The molecule has 15 heavy (non-hydrogen) atoms. The lowest BCUT2D eigenvalue weighted by molar-refractivity contribution is 0.665. The third kappa shape index (κ3) is 1.18. The fourth-order valence-corrected chi connectivity index (χ4v) is 1.93. The summed E-state index contributed by atoms with van der Waals surface area (Å²) >= 11 is 6.13. The fourth-order valence-electron chi connectivity index (χ4n) is 1.68. The van der Waals surface area contributed by atoms with Crippen molar-refractivity contribution in [1.29, 1.82) is 0 Å². The number of aryl methyl sites for hydroxylation is 1. The minimum absolute atomic E-state index is 0.658. The number of halogens is 1. The Hall–Kier alpha value is -1.68. The highest BCUT2D eigenvalue weighted by molar-refractivity contribution is 6.37. The van der Waals surface area contributed by atoms with Gasteiger partial charge in [0.1, 0.15) is 11.0 Å². The number of fused-ring (bicyclic) bond motifs is 3. The molecule has 5 heteroatoms. The monoisotopic (exact) mass is 218 g/mol. The van der Waals surface area contributed by atoms with Crippen molar-refractivity contribution in [3.63, 3.8) is 0 Å². The molecule has 0 N–H and O–H groups in total. The Morgan fingerprint density at radius 1 is 1.13 bits per heavy atom. The van der Waals surface area contributed by atoms with Crippen LogP contribution in [0.3, 0.4) is 0 Å². The van der Waals surface area contributed by atoms with Crippen LogP contribution in [0.2, 0.25) is 5.02 Å². The Bertz CT molecular complexity index is 659. The average Bonchev–Trinajstić information content (AvgIpc) is 2.58. The van der Waals surface area contributed by atoms with E-state index in [1.807, 2.05) is 12.1 Å². The highest BCUT2D eigenvalue weighted by Crippen LogP contribution is 2.27. The summed E-state index contributed by atoms with van der Waals surface area (Å²) in [5.74, 6) is 0. The number of aromatic nitrogens is 4. The molecule has 0 fully saturated rings. The van der Waals surface area contributed by atoms with E-state index in [2.05, 4.69) is 15.2 Å². The molecule has 2 heterocycles. The van der Waals surface area contributed by atoms with E-state index in [0.717, 1.165) is 21.9 Å². The number of pyridine rings is 1. The summed E-state index contributed by atoms with van der Waals surface area (Å²) in [5, 5.41) is 10.0. The van der Waals surface area contributed by atoms with Gasteiger partial charge in [0.2, 0.25) is 0 Å². The van der Waals surface area contributed by atoms with E-state index in [1.165, 1.54) is 4.80 Å². The Balaban J connectivity index is 2.62. The van der Waals surface area contributed by atoms with Gasteiger partial charge in [0.25, 0.3) is 0 Å². The smallest absolute Gasteiger partial charge is 0.124 e. The van der Waals surface area contributed by atoms with Gasteiger partial charge in [-0.05, 0) is 18.2 Å². The number of benzene rings is 1. The summed E-state index contributed by atoms with van der Waals surface area (Å²) < 4.78 is 0. The van der Waals surface area contributed by atoms with Crippen LogP contribution in [0.5, 0.6) is 0 Å². The van der Waals surface area contributed by atoms with Crippen LogP contribution in [-0.2, 0) is 7.05 Å². The molecule has 0 aliphatic rings. The predicted octanol–water partition coefficient (Wildman–Crippen LogP) is 2.17. The van der Waals surface area contributed by atoms with Gasteiger partial charge in [-0.2, -0.15) is 15.0 Å². The summed E-state index contributed by atoms with van der Waals surface area (Å²) in [4.78, 5) is 5.78. The Morgan fingerprint density at radius 3 is 2.80 bits per heavy atom. The van der Waals surface area contributed by atoms with Gasteiger partial charge < -0.3 is 0 Å². The zero-order valence-electron chi connectivity index (χ0n) is 7.98. The first-order valence-electron chi connectivity index (χ1n) is 4.50. The second-order valence-corrected chi connectivity index (χ2v) is 3.72. The summed E-state index contributed by atoms with van der Waals surface area (Å²) in [5.41, 5.74) is 2.48. The normalized spacial score (nSPS) is 11.3. The van der Waals surface area contributed by atoms with Crippen LogP contribution in [0.25, 0.3) is 21.9 Å². The zero-order chi connectivity index (χ0) is 10.4. The van der Waals surface area contributed by atoms with Crippen molar-refractivity contribution in [2.24, 2.45) is 7.05 Å². The lowest BCUT2D eigenvalue weighted by Gasteiger charge is -1.98. The van der Waals surface area contributed by atoms with E-state index in [0.29, 0.717) is 5.02 Å². The third-order valence-electron chi connectivity index (χ3n) is 2.31. The van der Waals surface area contributed by atoms with E-state index >= 15 is 0 Å². The van der Waals surface area contributed by atoms with Gasteiger partial charge in [0.15, 0.2) is 0 Å². The minimum Gasteiger partial charge on any atom is -0.256 e. The number of nitrogens with zero attached hydrogens (tertiary/aromatic N) is 4. The van der Waals surface area contributed by atoms with Gasteiger partial charge in [0.05, 0.1) is 10.5 Å². The molecular weight excluding hydrogens is 212 g/mol. The van der Waals surface area contributed by atoms with Gasteiger partial charge in [0, 0.05) is 18.6 Å². The lowest BCUT2D eigenvalue weighted by atomic mass is 10.2. The van der Waals surface area contributed by atoms with Crippen LogP contribution in [0.15, 0.2) is 24.4 Å². The number of hydrogen-bond donors (Lipinski definition) is 0. The van der Waals surface area contributed by atoms with Gasteiger partial charge in [-0.25, -0.2) is 0 Å². The van der Waals surface area contributed by atoms with Gasteiger partial charge in [-0.3, -0.25) is 4.98 Å². The fraction of sp³-hybridized carbons (Fsp3) is 0.100. The van der Waals surface area contributed by atoms with Crippen molar-refractivity contribution >= 4 is 33.5 Å². The largest absolute Gasteiger partial charge is 0.256 e. The molecule has 0 spiro atoms. The van der Waals surface area contributed by atoms with E-state index in [9.17, 15) is 0 Å². The maximum Gasteiger partial charge on any atom is 0.124 e. The Morgan fingerprint density at radius 2 is 1.93 bits per heavy atom. The molecule has 0 aliphatic heterocycles. The SMILES string of the molecule is Cn1nc2ccc3nccc(Cl)c3c2n1. The minimum atomic E-state index is 0.658. The van der Waals surface area contributed by atoms with Gasteiger partial charge in [-0.1, -0.05) is 11.6 Å². The topological polar surface area (TPSA) is 43.6 Å². The van der Waals surface area contributed by atoms with E-state index in [4.69, 9.17) is 11.6 Å². The van der Waals surface area contributed by atoms with E-state index in [-0.39, 0.29) is 0 Å². The van der Waals surface area contributed by atoms with Crippen molar-refractivity contribution in [2.75, 3.05) is 0 Å². The van der Waals surface area contributed by atoms with Gasteiger partial charge in [-0.15, -0.1) is 0 Å². The molecule has 0 bridgehead atoms. The molecule has 3 aromatic rings. The highest BCUT2D eigenvalue weighted by atomic mass is 35.5. The molecule has 4 nitrogen and oxygen atoms in total. The van der Waals surface area contributed by atoms with Crippen LogP contribution < -0.4 is 0 Å². The van der Waals surface area contributed by atoms with Crippen LogP contribution in [0.4, 0.5) is 0 Å². The van der Waals surface area contributed by atoms with E-state index < -0.39 is 0 Å². The summed E-state index contributed by atoms with van der Waals surface area (Å²) in [7, 11) is 1.79. The van der Waals surface area contributed by atoms with E-state index in [1.54, 1.807) is 19.3 Å². The maximum atomic E-state index is 6.13. The molecule has 0 atom stereocenters. The maximum absolute atomic E-state index is 6.13.